The Morgan fingerprint density at radius 1 is 1.38 bits per heavy atom. The van der Waals surface area contributed by atoms with Crippen LogP contribution in [0.2, 0.25) is 5.02 Å². The van der Waals surface area contributed by atoms with Gasteiger partial charge in [-0.2, -0.15) is 13.2 Å². The number of amides is 1. The van der Waals surface area contributed by atoms with Gasteiger partial charge in [-0.15, -0.1) is 17.9 Å². The van der Waals surface area contributed by atoms with Crippen molar-refractivity contribution in [1.82, 2.24) is 9.55 Å². The Bertz CT molecular complexity index is 1140. The summed E-state index contributed by atoms with van der Waals surface area (Å²) in [5, 5.41) is 4.45. The van der Waals surface area contributed by atoms with E-state index >= 15 is 0 Å². The third-order valence-corrected chi connectivity index (χ3v) is 5.87. The van der Waals surface area contributed by atoms with Crippen molar-refractivity contribution in [2.75, 3.05) is 11.1 Å². The lowest BCUT2D eigenvalue weighted by atomic mass is 10.1. The predicted molar refractivity (Wildman–Crippen MR) is 110 cm³/mol. The van der Waals surface area contributed by atoms with Crippen molar-refractivity contribution in [3.8, 4) is 0 Å². The molecule has 0 unspecified atom stereocenters. The molecule has 3 rings (SSSR count). The van der Waals surface area contributed by atoms with Crippen molar-refractivity contribution in [1.29, 1.82) is 0 Å². The van der Waals surface area contributed by atoms with E-state index in [9.17, 15) is 22.8 Å². The Morgan fingerprint density at radius 2 is 2.14 bits per heavy atom. The van der Waals surface area contributed by atoms with Gasteiger partial charge < -0.3 is 5.32 Å². The first kappa shape index (κ1) is 21.4. The summed E-state index contributed by atoms with van der Waals surface area (Å²) >= 11 is 8.07. The first-order valence-corrected chi connectivity index (χ1v) is 10.3. The number of hydrogen-bond donors (Lipinski definition) is 1. The Hall–Kier alpha value is -2.30. The van der Waals surface area contributed by atoms with Crippen molar-refractivity contribution in [2.45, 2.75) is 17.9 Å². The highest BCUT2D eigenvalue weighted by atomic mass is 35.5. The summed E-state index contributed by atoms with van der Waals surface area (Å²) in [5.74, 6) is -0.970. The Balaban J connectivity index is 1.83. The molecule has 0 aliphatic heterocycles. The molecule has 0 bridgehead atoms. The highest BCUT2D eigenvalue weighted by Crippen LogP contribution is 2.38. The average molecular weight is 460 g/mol. The van der Waals surface area contributed by atoms with Crippen LogP contribution in [0.3, 0.4) is 0 Å². The van der Waals surface area contributed by atoms with E-state index in [1.54, 1.807) is 11.4 Å². The van der Waals surface area contributed by atoms with Crippen LogP contribution >= 0.6 is 34.7 Å². The second-order valence-electron chi connectivity index (χ2n) is 5.74. The lowest BCUT2D eigenvalue weighted by molar-refractivity contribution is -0.137. The molecule has 0 aliphatic carbocycles. The molecule has 0 spiro atoms. The number of thioether (sulfide) groups is 1. The van der Waals surface area contributed by atoms with E-state index in [2.05, 4.69) is 16.9 Å². The van der Waals surface area contributed by atoms with Crippen molar-refractivity contribution in [3.05, 3.63) is 63.2 Å². The molecule has 0 saturated carbocycles. The molecule has 5 nitrogen and oxygen atoms in total. The quantitative estimate of drug-likeness (QED) is 0.318. The molecule has 3 aromatic rings. The summed E-state index contributed by atoms with van der Waals surface area (Å²) in [6.45, 7) is 3.79. The molecular weight excluding hydrogens is 447 g/mol. The molecule has 0 saturated heterocycles. The Labute approximate surface area is 176 Å². The Kier molecular flexibility index (Phi) is 6.35. The van der Waals surface area contributed by atoms with E-state index < -0.39 is 23.3 Å². The van der Waals surface area contributed by atoms with E-state index in [0.717, 1.165) is 23.9 Å². The molecule has 0 aliphatic rings. The lowest BCUT2D eigenvalue weighted by Crippen LogP contribution is -2.23. The number of nitrogens with one attached hydrogen (secondary N) is 1. The number of halogens is 4. The number of alkyl halides is 3. The summed E-state index contributed by atoms with van der Waals surface area (Å²) in [4.78, 5) is 29.8. The predicted octanol–water partition coefficient (Wildman–Crippen LogP) is 5.05. The summed E-state index contributed by atoms with van der Waals surface area (Å²) in [7, 11) is 0. The Morgan fingerprint density at radius 3 is 2.83 bits per heavy atom. The maximum absolute atomic E-state index is 13.2. The molecule has 2 aromatic heterocycles. The van der Waals surface area contributed by atoms with Gasteiger partial charge in [0, 0.05) is 6.54 Å². The molecule has 0 fully saturated rings. The van der Waals surface area contributed by atoms with Crippen LogP contribution in [-0.2, 0) is 17.5 Å². The fraction of sp³-hybridized carbons (Fsp3) is 0.167. The zero-order valence-corrected chi connectivity index (χ0v) is 17.0. The lowest BCUT2D eigenvalue weighted by Gasteiger charge is -2.15. The summed E-state index contributed by atoms with van der Waals surface area (Å²) in [6, 6.07) is 4.91. The number of nitrogens with zero attached hydrogens (tertiary/aromatic N) is 2. The fourth-order valence-electron chi connectivity index (χ4n) is 2.52. The maximum Gasteiger partial charge on any atom is 0.418 e. The van der Waals surface area contributed by atoms with Crippen LogP contribution in [0.1, 0.15) is 5.56 Å². The number of fused-ring (bicyclic) bond motifs is 1. The molecular formula is C18H13ClF3N3O2S2. The van der Waals surface area contributed by atoms with Crippen molar-refractivity contribution in [2.24, 2.45) is 0 Å². The van der Waals surface area contributed by atoms with Crippen LogP contribution in [0.5, 0.6) is 0 Å². The fourth-order valence-corrected chi connectivity index (χ4v) is 4.36. The summed E-state index contributed by atoms with van der Waals surface area (Å²) < 4.78 is 40.8. The maximum atomic E-state index is 13.2. The molecule has 29 heavy (non-hydrogen) atoms. The van der Waals surface area contributed by atoms with Gasteiger partial charge in [0.15, 0.2) is 5.16 Å². The molecule has 1 amide bonds. The monoisotopic (exact) mass is 459 g/mol. The van der Waals surface area contributed by atoms with Crippen molar-refractivity contribution >= 4 is 56.5 Å². The van der Waals surface area contributed by atoms with Gasteiger partial charge in [0.25, 0.3) is 5.56 Å². The first-order valence-electron chi connectivity index (χ1n) is 8.09. The number of hydrogen-bond acceptors (Lipinski definition) is 5. The van der Waals surface area contributed by atoms with Crippen LogP contribution in [0.15, 0.2) is 52.3 Å². The van der Waals surface area contributed by atoms with Crippen LogP contribution in [0, 0.1) is 0 Å². The van der Waals surface area contributed by atoms with Crippen LogP contribution in [-0.4, -0.2) is 21.2 Å². The minimum absolute atomic E-state index is 0.185. The second-order valence-corrected chi connectivity index (χ2v) is 7.98. The molecule has 11 heteroatoms. The molecule has 0 radical (unpaired) electrons. The topological polar surface area (TPSA) is 64.0 Å². The molecule has 1 N–H and O–H groups in total. The van der Waals surface area contributed by atoms with Crippen LogP contribution in [0.25, 0.3) is 10.2 Å². The number of rotatable bonds is 6. The smallest absolute Gasteiger partial charge is 0.324 e. The van der Waals surface area contributed by atoms with E-state index in [-0.39, 0.29) is 28.0 Å². The number of aromatic nitrogens is 2. The van der Waals surface area contributed by atoms with E-state index in [1.807, 2.05) is 0 Å². The van der Waals surface area contributed by atoms with Gasteiger partial charge in [-0.05, 0) is 23.6 Å². The molecule has 2 heterocycles. The molecule has 152 valence electrons. The van der Waals surface area contributed by atoms with Gasteiger partial charge in [-0.1, -0.05) is 35.5 Å². The zero-order chi connectivity index (χ0) is 21.2. The largest absolute Gasteiger partial charge is 0.418 e. The number of carbonyl (C=O) groups is 1. The van der Waals surface area contributed by atoms with Gasteiger partial charge >= 0.3 is 6.18 Å². The number of benzene rings is 1. The van der Waals surface area contributed by atoms with Gasteiger partial charge in [-0.3, -0.25) is 14.2 Å². The first-order chi connectivity index (χ1) is 13.7. The van der Waals surface area contributed by atoms with Gasteiger partial charge in [0.1, 0.15) is 4.83 Å². The van der Waals surface area contributed by atoms with E-state index in [1.165, 1.54) is 28.0 Å². The molecule has 0 atom stereocenters. The standard InChI is InChI=1S/C18H13ClF3N3O2S2/c1-2-7-25-16(27)10-6-8-28-15(10)24-17(25)29-9-13(26)23-14-11(18(20,21)22)4-3-5-12(14)19/h2-6,8H,1,7,9H2,(H,23,26). The number of allylic oxidation sites excluding steroid dienone is 1. The minimum atomic E-state index is -4.67. The zero-order valence-electron chi connectivity index (χ0n) is 14.6. The summed E-state index contributed by atoms with van der Waals surface area (Å²) in [6.07, 6.45) is -3.15. The van der Waals surface area contributed by atoms with Gasteiger partial charge in [-0.25, -0.2) is 4.98 Å². The van der Waals surface area contributed by atoms with Crippen molar-refractivity contribution in [3.63, 3.8) is 0 Å². The van der Waals surface area contributed by atoms with Gasteiger partial charge in [0.2, 0.25) is 5.91 Å². The highest BCUT2D eigenvalue weighted by molar-refractivity contribution is 7.99. The second kappa shape index (κ2) is 8.60. The number of anilines is 1. The van der Waals surface area contributed by atoms with Crippen LogP contribution in [0.4, 0.5) is 18.9 Å². The molecule has 1 aromatic carbocycles. The van der Waals surface area contributed by atoms with E-state index in [4.69, 9.17) is 11.6 Å². The third-order valence-electron chi connectivity index (χ3n) is 3.78. The highest BCUT2D eigenvalue weighted by Gasteiger charge is 2.34. The summed E-state index contributed by atoms with van der Waals surface area (Å²) in [5.41, 5.74) is -1.81. The number of thiophene rings is 1. The van der Waals surface area contributed by atoms with Gasteiger partial charge in [0.05, 0.1) is 27.4 Å². The van der Waals surface area contributed by atoms with Crippen LogP contribution < -0.4 is 10.9 Å². The number of carbonyl (C=O) groups excluding carboxylic acids is 1. The average Bonchev–Trinajstić information content (AvgIpc) is 3.12. The number of para-hydroxylation sites is 1. The minimum Gasteiger partial charge on any atom is -0.324 e. The van der Waals surface area contributed by atoms with Crippen molar-refractivity contribution < 1.29 is 18.0 Å². The van der Waals surface area contributed by atoms with E-state index in [0.29, 0.717) is 10.2 Å². The third kappa shape index (κ3) is 4.65. The normalized spacial score (nSPS) is 11.6. The SMILES string of the molecule is C=CCn1c(SCC(=O)Nc2c(Cl)cccc2C(F)(F)F)nc2sccc2c1=O.